The van der Waals surface area contributed by atoms with E-state index >= 15 is 0 Å². The molecule has 0 spiro atoms. The molecule has 0 radical (unpaired) electrons. The molecule has 0 saturated heterocycles. The van der Waals surface area contributed by atoms with Gasteiger partial charge in [0, 0.05) is 12.4 Å². The van der Waals surface area contributed by atoms with Crippen molar-refractivity contribution in [2.24, 2.45) is 5.14 Å². The molecule has 5 heteroatoms. The molecule has 0 aliphatic carbocycles. The number of terminal acetylenes is 1. The second kappa shape index (κ2) is 11.8. The molecule has 3 aromatic rings. The number of nitrogens with two attached hydrogens (primary N) is 1. The largest absolute Gasteiger partial charge is 0.494 e. The normalized spacial score (nSPS) is 10.0. The Hall–Kier alpha value is -2.81. The van der Waals surface area contributed by atoms with Crippen molar-refractivity contribution < 1.29 is 9.13 Å². The van der Waals surface area contributed by atoms with Crippen LogP contribution in [0.2, 0.25) is 0 Å². The van der Waals surface area contributed by atoms with Crippen molar-refractivity contribution in [3.8, 4) is 29.7 Å². The van der Waals surface area contributed by atoms with Crippen molar-refractivity contribution in [2.75, 3.05) is 6.61 Å². The van der Waals surface area contributed by atoms with E-state index in [0.717, 1.165) is 48.1 Å². The lowest BCUT2D eigenvalue weighted by Gasteiger charge is -2.08. The van der Waals surface area contributed by atoms with Crippen molar-refractivity contribution in [1.29, 1.82) is 0 Å². The molecule has 0 aliphatic heterocycles. The zero-order chi connectivity index (χ0) is 20.2. The molecule has 1 heterocycles. The molecule has 0 fully saturated rings. The summed E-state index contributed by atoms with van der Waals surface area (Å²) < 4.78 is 19.6. The Bertz CT molecular complexity index is 867. The second-order valence-electron chi connectivity index (χ2n) is 5.95. The number of benzene rings is 2. The third kappa shape index (κ3) is 6.41. The molecule has 0 bridgehead atoms. The van der Waals surface area contributed by atoms with Crippen LogP contribution in [0.4, 0.5) is 4.39 Å². The molecule has 3 nitrogen and oxygen atoms in total. The first-order valence-corrected chi connectivity index (χ1v) is 9.76. The Morgan fingerprint density at radius 1 is 1.00 bits per heavy atom. The highest BCUT2D eigenvalue weighted by atomic mass is 32.2. The predicted octanol–water partition coefficient (Wildman–Crippen LogP) is 5.50. The van der Waals surface area contributed by atoms with Gasteiger partial charge in [-0.25, -0.2) is 4.39 Å². The first kappa shape index (κ1) is 21.5. The Labute approximate surface area is 170 Å². The second-order valence-corrected chi connectivity index (χ2v) is 6.63. The van der Waals surface area contributed by atoms with Crippen molar-refractivity contribution in [1.82, 2.24) is 4.98 Å². The molecular weight excluding hydrogens is 371 g/mol. The van der Waals surface area contributed by atoms with Crippen LogP contribution in [-0.4, -0.2) is 11.6 Å². The van der Waals surface area contributed by atoms with Gasteiger partial charge in [0.15, 0.2) is 0 Å². The number of rotatable bonds is 8. The minimum absolute atomic E-state index is 0.302. The number of aryl methyl sites for hydroxylation is 1. The van der Waals surface area contributed by atoms with E-state index in [1.807, 2.05) is 42.6 Å². The van der Waals surface area contributed by atoms with Crippen LogP contribution >= 0.6 is 11.9 Å². The molecule has 0 amide bonds. The van der Waals surface area contributed by atoms with E-state index in [1.165, 1.54) is 11.6 Å². The third-order valence-corrected chi connectivity index (χ3v) is 4.68. The molecule has 0 unspecified atom stereocenters. The van der Waals surface area contributed by atoms with Crippen molar-refractivity contribution >= 4 is 11.9 Å². The van der Waals surface area contributed by atoms with Gasteiger partial charge in [-0.3, -0.25) is 10.1 Å². The van der Waals surface area contributed by atoms with Gasteiger partial charge in [0.2, 0.25) is 0 Å². The van der Waals surface area contributed by atoms with E-state index in [4.69, 9.17) is 9.88 Å². The van der Waals surface area contributed by atoms with Crippen LogP contribution in [0.5, 0.6) is 5.75 Å². The molecule has 144 valence electrons. The number of hydrogen-bond donors (Lipinski definition) is 1. The molecule has 3 rings (SSSR count). The SMILES string of the molecule is C#C.NSc1ccc(-c2ccc(OCCCCc3cccnc3)cc2)cc1F. The number of nitrogens with zero attached hydrogens (tertiary/aromatic N) is 1. The molecule has 2 N–H and O–H groups in total. The van der Waals surface area contributed by atoms with Gasteiger partial charge in [0.25, 0.3) is 0 Å². The fourth-order valence-corrected chi connectivity index (χ4v) is 3.00. The molecular formula is C23H23FN2OS. The lowest BCUT2D eigenvalue weighted by molar-refractivity contribution is 0.307. The molecule has 0 saturated carbocycles. The standard InChI is InChI=1S/C21H21FN2OS.C2H2/c22-20-14-18(8-11-21(20)26-23)17-6-9-19(10-7-17)25-13-2-1-4-16-5-3-12-24-15-16;1-2/h3,5-12,14-15H,1-2,4,13,23H2;1-2H. The fourth-order valence-electron chi connectivity index (χ4n) is 2.69. The third-order valence-electron chi connectivity index (χ3n) is 4.10. The van der Waals surface area contributed by atoms with E-state index < -0.39 is 0 Å². The average Bonchev–Trinajstić information content (AvgIpc) is 2.76. The summed E-state index contributed by atoms with van der Waals surface area (Å²) in [5.41, 5.74) is 3.02. The van der Waals surface area contributed by atoms with Gasteiger partial charge >= 0.3 is 0 Å². The van der Waals surface area contributed by atoms with Crippen LogP contribution in [0.3, 0.4) is 0 Å². The van der Waals surface area contributed by atoms with Crippen LogP contribution < -0.4 is 9.88 Å². The predicted molar refractivity (Wildman–Crippen MR) is 114 cm³/mol. The van der Waals surface area contributed by atoms with Crippen LogP contribution in [-0.2, 0) is 6.42 Å². The highest BCUT2D eigenvalue weighted by Crippen LogP contribution is 2.26. The van der Waals surface area contributed by atoms with E-state index in [9.17, 15) is 4.39 Å². The minimum atomic E-state index is -0.302. The van der Waals surface area contributed by atoms with Gasteiger partial charge in [0.05, 0.1) is 11.5 Å². The maximum absolute atomic E-state index is 13.8. The van der Waals surface area contributed by atoms with E-state index in [1.54, 1.807) is 12.3 Å². The van der Waals surface area contributed by atoms with Crippen molar-refractivity contribution in [2.45, 2.75) is 24.2 Å². The Morgan fingerprint density at radius 3 is 2.39 bits per heavy atom. The van der Waals surface area contributed by atoms with Crippen LogP contribution in [0.25, 0.3) is 11.1 Å². The molecule has 1 aromatic heterocycles. The van der Waals surface area contributed by atoms with Crippen LogP contribution in [0.15, 0.2) is 71.9 Å². The number of halogens is 1. The topological polar surface area (TPSA) is 48.1 Å². The van der Waals surface area contributed by atoms with E-state index in [0.29, 0.717) is 11.5 Å². The summed E-state index contributed by atoms with van der Waals surface area (Å²) in [4.78, 5) is 4.56. The smallest absolute Gasteiger partial charge is 0.138 e. The van der Waals surface area contributed by atoms with Gasteiger partial charge in [-0.05, 0) is 78.2 Å². The Kier molecular flexibility index (Phi) is 9.06. The number of pyridine rings is 1. The summed E-state index contributed by atoms with van der Waals surface area (Å²) in [6, 6.07) is 16.8. The van der Waals surface area contributed by atoms with Gasteiger partial charge in [-0.2, -0.15) is 0 Å². The monoisotopic (exact) mass is 394 g/mol. The number of aromatic nitrogens is 1. The number of ether oxygens (including phenoxy) is 1. The molecule has 2 aromatic carbocycles. The molecule has 0 atom stereocenters. The lowest BCUT2D eigenvalue weighted by Crippen LogP contribution is -1.98. The molecule has 28 heavy (non-hydrogen) atoms. The van der Waals surface area contributed by atoms with Gasteiger partial charge in [-0.1, -0.05) is 24.3 Å². The van der Waals surface area contributed by atoms with Gasteiger partial charge in [-0.15, -0.1) is 12.8 Å². The van der Waals surface area contributed by atoms with Gasteiger partial charge < -0.3 is 4.74 Å². The first-order chi connectivity index (χ1) is 13.8. The Morgan fingerprint density at radius 2 is 1.75 bits per heavy atom. The summed E-state index contributed by atoms with van der Waals surface area (Å²) in [6.07, 6.45) is 14.8. The zero-order valence-corrected chi connectivity index (χ0v) is 16.4. The summed E-state index contributed by atoms with van der Waals surface area (Å²) in [5, 5.41) is 5.42. The van der Waals surface area contributed by atoms with Crippen LogP contribution in [0.1, 0.15) is 18.4 Å². The highest BCUT2D eigenvalue weighted by Gasteiger charge is 2.05. The van der Waals surface area contributed by atoms with E-state index in [-0.39, 0.29) is 5.82 Å². The van der Waals surface area contributed by atoms with E-state index in [2.05, 4.69) is 23.9 Å². The number of unbranched alkanes of at least 4 members (excludes halogenated alkanes) is 1. The average molecular weight is 395 g/mol. The summed E-state index contributed by atoms with van der Waals surface area (Å²) in [6.45, 7) is 0.677. The minimum Gasteiger partial charge on any atom is -0.494 e. The van der Waals surface area contributed by atoms with Gasteiger partial charge in [0.1, 0.15) is 11.6 Å². The highest BCUT2D eigenvalue weighted by molar-refractivity contribution is 7.97. The summed E-state index contributed by atoms with van der Waals surface area (Å²) in [5.74, 6) is 0.522. The van der Waals surface area contributed by atoms with Crippen molar-refractivity contribution in [3.05, 3.63) is 78.4 Å². The number of hydrogen-bond acceptors (Lipinski definition) is 4. The maximum atomic E-state index is 13.8. The molecule has 0 aliphatic rings. The summed E-state index contributed by atoms with van der Waals surface area (Å²) in [7, 11) is 0. The first-order valence-electron chi connectivity index (χ1n) is 8.88. The Balaban J connectivity index is 0.00000136. The summed E-state index contributed by atoms with van der Waals surface area (Å²) >= 11 is 0.915. The maximum Gasteiger partial charge on any atom is 0.138 e. The van der Waals surface area contributed by atoms with Crippen molar-refractivity contribution in [3.63, 3.8) is 0 Å². The zero-order valence-electron chi connectivity index (χ0n) is 15.6. The fraction of sp³-hybridized carbons (Fsp3) is 0.174. The lowest BCUT2D eigenvalue weighted by atomic mass is 10.1. The quantitative estimate of drug-likeness (QED) is 0.311. The van der Waals surface area contributed by atoms with Crippen LogP contribution in [0, 0.1) is 18.7 Å².